The molecule has 0 fully saturated rings. The molecule has 3 aromatic rings. The molecule has 0 aliphatic rings. The lowest BCUT2D eigenvalue weighted by Gasteiger charge is -2.07. The van der Waals surface area contributed by atoms with Crippen molar-refractivity contribution in [1.29, 1.82) is 0 Å². The SMILES string of the molecule is C=Cc1ccc(COc2ccc(C=Nc3ccc([N+](=O)[O-])cc3)cc2)cc1. The molecule has 0 radical (unpaired) electrons. The number of nitro groups is 1. The van der Waals surface area contributed by atoms with Gasteiger partial charge in [0, 0.05) is 18.3 Å². The Morgan fingerprint density at radius 1 is 0.926 bits per heavy atom. The van der Waals surface area contributed by atoms with Gasteiger partial charge in [-0.2, -0.15) is 0 Å². The maximum Gasteiger partial charge on any atom is 0.269 e. The van der Waals surface area contributed by atoms with Gasteiger partial charge >= 0.3 is 0 Å². The van der Waals surface area contributed by atoms with E-state index < -0.39 is 4.92 Å². The van der Waals surface area contributed by atoms with E-state index in [4.69, 9.17) is 4.74 Å². The number of benzene rings is 3. The zero-order chi connectivity index (χ0) is 19.1. The lowest BCUT2D eigenvalue weighted by Crippen LogP contribution is -1.95. The van der Waals surface area contributed by atoms with Crippen LogP contribution in [0.5, 0.6) is 5.75 Å². The van der Waals surface area contributed by atoms with E-state index in [9.17, 15) is 10.1 Å². The van der Waals surface area contributed by atoms with Crippen molar-refractivity contribution in [2.75, 3.05) is 0 Å². The lowest BCUT2D eigenvalue weighted by molar-refractivity contribution is -0.384. The van der Waals surface area contributed by atoms with E-state index in [0.717, 1.165) is 22.4 Å². The van der Waals surface area contributed by atoms with Crippen LogP contribution in [-0.4, -0.2) is 11.1 Å². The van der Waals surface area contributed by atoms with Crippen LogP contribution in [0.25, 0.3) is 6.08 Å². The first-order chi connectivity index (χ1) is 13.1. The monoisotopic (exact) mass is 358 g/mol. The third-order valence-electron chi connectivity index (χ3n) is 3.92. The van der Waals surface area contributed by atoms with Crippen molar-refractivity contribution in [3.8, 4) is 5.75 Å². The number of aliphatic imine (C=N–C) groups is 1. The Hall–Kier alpha value is -3.73. The van der Waals surface area contributed by atoms with Crippen LogP contribution in [0.2, 0.25) is 0 Å². The Morgan fingerprint density at radius 2 is 1.56 bits per heavy atom. The van der Waals surface area contributed by atoms with Gasteiger partial charge in [0.1, 0.15) is 12.4 Å². The molecule has 0 spiro atoms. The van der Waals surface area contributed by atoms with E-state index >= 15 is 0 Å². The van der Waals surface area contributed by atoms with Crippen LogP contribution in [0, 0.1) is 10.1 Å². The standard InChI is InChI=1S/C22H18N2O3/c1-2-17-3-5-19(6-4-17)16-27-22-13-7-18(8-14-22)15-23-20-9-11-21(12-10-20)24(25)26/h2-15H,1,16H2. The number of hydrogen-bond donors (Lipinski definition) is 0. The van der Waals surface area contributed by atoms with Crippen LogP contribution in [0.1, 0.15) is 16.7 Å². The van der Waals surface area contributed by atoms with Gasteiger partial charge in [0.2, 0.25) is 0 Å². The molecule has 27 heavy (non-hydrogen) atoms. The molecule has 0 aliphatic heterocycles. The molecule has 0 aromatic heterocycles. The summed E-state index contributed by atoms with van der Waals surface area (Å²) in [7, 11) is 0. The molecule has 0 N–H and O–H groups in total. The van der Waals surface area contributed by atoms with Crippen LogP contribution in [0.3, 0.4) is 0 Å². The van der Waals surface area contributed by atoms with Crippen molar-refractivity contribution in [2.24, 2.45) is 4.99 Å². The van der Waals surface area contributed by atoms with Gasteiger partial charge in [-0.3, -0.25) is 15.1 Å². The molecule has 0 heterocycles. The largest absolute Gasteiger partial charge is 0.489 e. The Balaban J connectivity index is 1.57. The van der Waals surface area contributed by atoms with Gasteiger partial charge < -0.3 is 4.74 Å². The minimum Gasteiger partial charge on any atom is -0.489 e. The topological polar surface area (TPSA) is 64.7 Å². The van der Waals surface area contributed by atoms with Crippen LogP contribution < -0.4 is 4.74 Å². The van der Waals surface area contributed by atoms with Crippen LogP contribution in [-0.2, 0) is 6.61 Å². The quantitative estimate of drug-likeness (QED) is 0.315. The summed E-state index contributed by atoms with van der Waals surface area (Å²) in [5.41, 5.74) is 3.79. The number of ether oxygens (including phenoxy) is 1. The molecule has 134 valence electrons. The molecule has 0 aliphatic carbocycles. The fraction of sp³-hybridized carbons (Fsp3) is 0.0455. The molecule has 3 aromatic carbocycles. The number of rotatable bonds is 7. The Labute approximate surface area is 157 Å². The second-order valence-electron chi connectivity index (χ2n) is 5.84. The van der Waals surface area contributed by atoms with Crippen LogP contribution in [0.15, 0.2) is 84.4 Å². The van der Waals surface area contributed by atoms with Gasteiger partial charge in [-0.15, -0.1) is 0 Å². The highest BCUT2D eigenvalue weighted by atomic mass is 16.6. The molecular weight excluding hydrogens is 340 g/mol. The Bertz CT molecular complexity index is 944. The first kappa shape index (κ1) is 18.1. The predicted octanol–water partition coefficient (Wildman–Crippen LogP) is 5.57. The fourth-order valence-corrected chi connectivity index (χ4v) is 2.38. The van der Waals surface area contributed by atoms with Gasteiger partial charge in [-0.05, 0) is 53.1 Å². The van der Waals surface area contributed by atoms with Gasteiger partial charge in [-0.25, -0.2) is 0 Å². The first-order valence-electron chi connectivity index (χ1n) is 8.37. The number of non-ortho nitro benzene ring substituents is 1. The average Bonchev–Trinajstić information content (AvgIpc) is 2.72. The van der Waals surface area contributed by atoms with E-state index in [0.29, 0.717) is 12.3 Å². The molecule has 0 saturated carbocycles. The predicted molar refractivity (Wildman–Crippen MR) is 108 cm³/mol. The second kappa shape index (κ2) is 8.58. The minimum absolute atomic E-state index is 0.0505. The summed E-state index contributed by atoms with van der Waals surface area (Å²) >= 11 is 0. The summed E-state index contributed by atoms with van der Waals surface area (Å²) < 4.78 is 5.78. The highest BCUT2D eigenvalue weighted by Crippen LogP contribution is 2.18. The Morgan fingerprint density at radius 3 is 2.15 bits per heavy atom. The summed E-state index contributed by atoms with van der Waals surface area (Å²) in [5.74, 6) is 0.773. The van der Waals surface area contributed by atoms with Gasteiger partial charge in [0.05, 0.1) is 10.6 Å². The molecule has 3 rings (SSSR count). The van der Waals surface area contributed by atoms with Crippen molar-refractivity contribution in [3.63, 3.8) is 0 Å². The molecule has 0 amide bonds. The first-order valence-corrected chi connectivity index (χ1v) is 8.37. The van der Waals surface area contributed by atoms with Gasteiger partial charge in [0.25, 0.3) is 5.69 Å². The highest BCUT2D eigenvalue weighted by molar-refractivity contribution is 5.82. The summed E-state index contributed by atoms with van der Waals surface area (Å²) in [5, 5.41) is 10.6. The van der Waals surface area contributed by atoms with Crippen molar-refractivity contribution >= 4 is 23.7 Å². The maximum absolute atomic E-state index is 10.6. The fourth-order valence-electron chi connectivity index (χ4n) is 2.38. The zero-order valence-corrected chi connectivity index (χ0v) is 14.6. The van der Waals surface area contributed by atoms with E-state index in [2.05, 4.69) is 11.6 Å². The van der Waals surface area contributed by atoms with Crippen molar-refractivity contribution in [2.45, 2.75) is 6.61 Å². The molecule has 0 bridgehead atoms. The zero-order valence-electron chi connectivity index (χ0n) is 14.6. The van der Waals surface area contributed by atoms with Crippen molar-refractivity contribution < 1.29 is 9.66 Å². The second-order valence-corrected chi connectivity index (χ2v) is 5.84. The average molecular weight is 358 g/mol. The summed E-state index contributed by atoms with van der Waals surface area (Å²) in [4.78, 5) is 14.5. The highest BCUT2D eigenvalue weighted by Gasteiger charge is 2.02. The smallest absolute Gasteiger partial charge is 0.269 e. The molecule has 0 atom stereocenters. The van der Waals surface area contributed by atoms with Crippen molar-refractivity contribution in [3.05, 3.63) is 106 Å². The maximum atomic E-state index is 10.6. The summed E-state index contributed by atoms with van der Waals surface area (Å²) in [6, 6.07) is 21.7. The van der Waals surface area contributed by atoms with Crippen LogP contribution in [0.4, 0.5) is 11.4 Å². The Kier molecular flexibility index (Phi) is 5.74. The van der Waals surface area contributed by atoms with E-state index in [-0.39, 0.29) is 5.69 Å². The third-order valence-corrected chi connectivity index (χ3v) is 3.92. The molecule has 0 saturated heterocycles. The molecule has 0 unspecified atom stereocenters. The summed E-state index contributed by atoms with van der Waals surface area (Å²) in [6.07, 6.45) is 3.51. The van der Waals surface area contributed by atoms with Gasteiger partial charge in [-0.1, -0.05) is 36.9 Å². The number of nitrogens with zero attached hydrogens (tertiary/aromatic N) is 2. The molecule has 5 heteroatoms. The van der Waals surface area contributed by atoms with Crippen LogP contribution >= 0.6 is 0 Å². The minimum atomic E-state index is -0.431. The van der Waals surface area contributed by atoms with Crippen molar-refractivity contribution in [1.82, 2.24) is 0 Å². The van der Waals surface area contributed by atoms with E-state index in [1.165, 1.54) is 12.1 Å². The number of nitro benzene ring substituents is 1. The molecule has 5 nitrogen and oxygen atoms in total. The lowest BCUT2D eigenvalue weighted by atomic mass is 10.1. The van der Waals surface area contributed by atoms with E-state index in [1.807, 2.05) is 54.6 Å². The molecular formula is C22H18N2O3. The number of hydrogen-bond acceptors (Lipinski definition) is 4. The normalized spacial score (nSPS) is 10.7. The third kappa shape index (κ3) is 5.12. The van der Waals surface area contributed by atoms with Gasteiger partial charge in [0.15, 0.2) is 0 Å². The summed E-state index contributed by atoms with van der Waals surface area (Å²) in [6.45, 7) is 4.23. The van der Waals surface area contributed by atoms with E-state index in [1.54, 1.807) is 18.3 Å².